The maximum atomic E-state index is 14.0. The molecule has 10 heteroatoms. The van der Waals surface area contributed by atoms with E-state index in [-0.39, 0.29) is 17.7 Å². The molecular weight excluding hydrogens is 391 g/mol. The molecule has 2 rings (SSSR count). The van der Waals surface area contributed by atoms with Crippen molar-refractivity contribution in [2.24, 2.45) is 0 Å². The molecule has 0 saturated carbocycles. The van der Waals surface area contributed by atoms with Crippen molar-refractivity contribution in [2.75, 3.05) is 20.8 Å². The molecule has 0 fully saturated rings. The molecule has 28 heavy (non-hydrogen) atoms. The second-order valence-corrected chi connectivity index (χ2v) is 6.13. The van der Waals surface area contributed by atoms with Gasteiger partial charge in [0.05, 0.1) is 13.7 Å². The van der Waals surface area contributed by atoms with E-state index in [1.165, 1.54) is 6.92 Å². The lowest BCUT2D eigenvalue weighted by Gasteiger charge is -2.33. The zero-order valence-electron chi connectivity index (χ0n) is 15.6. The van der Waals surface area contributed by atoms with E-state index < -0.39 is 53.4 Å². The van der Waals surface area contributed by atoms with Crippen LogP contribution in [0, 0.1) is 11.6 Å². The number of alkyl halides is 3. The van der Waals surface area contributed by atoms with Crippen LogP contribution in [0.5, 0.6) is 5.75 Å². The standard InChI is InChI=1S/C18H19F5O5/c1-5-27-16(24)14-10(15(26-4)17(2,28-14)18(21,22)23)8-9-6-7-11(19)12(20)13(9)25-3/h6-7,15H,5,8H2,1-4H3/t15-,17+/m0/s1. The monoisotopic (exact) mass is 410 g/mol. The third-order valence-corrected chi connectivity index (χ3v) is 4.40. The van der Waals surface area contributed by atoms with E-state index in [4.69, 9.17) is 18.9 Å². The molecule has 1 aromatic rings. The summed E-state index contributed by atoms with van der Waals surface area (Å²) in [5.41, 5.74) is -3.08. The number of benzene rings is 1. The predicted octanol–water partition coefficient (Wildman–Crippen LogP) is 3.70. The third kappa shape index (κ3) is 3.65. The average Bonchev–Trinajstić information content (AvgIpc) is 2.91. The van der Waals surface area contributed by atoms with Crippen molar-refractivity contribution >= 4 is 5.97 Å². The molecule has 0 aliphatic carbocycles. The first kappa shape index (κ1) is 21.9. The molecule has 1 aliphatic rings. The van der Waals surface area contributed by atoms with Crippen molar-refractivity contribution in [3.63, 3.8) is 0 Å². The van der Waals surface area contributed by atoms with Crippen LogP contribution in [-0.4, -0.2) is 44.7 Å². The Morgan fingerprint density at radius 3 is 2.39 bits per heavy atom. The van der Waals surface area contributed by atoms with Crippen LogP contribution in [0.2, 0.25) is 0 Å². The number of rotatable bonds is 6. The van der Waals surface area contributed by atoms with Crippen LogP contribution >= 0.6 is 0 Å². The topological polar surface area (TPSA) is 54.0 Å². The molecule has 0 bridgehead atoms. The first-order valence-corrected chi connectivity index (χ1v) is 8.21. The Morgan fingerprint density at radius 2 is 1.89 bits per heavy atom. The number of carbonyl (C=O) groups is 1. The molecule has 5 nitrogen and oxygen atoms in total. The van der Waals surface area contributed by atoms with Crippen molar-refractivity contribution in [1.29, 1.82) is 0 Å². The van der Waals surface area contributed by atoms with E-state index in [2.05, 4.69) is 0 Å². The van der Waals surface area contributed by atoms with Gasteiger partial charge in [-0.25, -0.2) is 9.18 Å². The molecule has 156 valence electrons. The van der Waals surface area contributed by atoms with Gasteiger partial charge in [-0.05, 0) is 19.9 Å². The summed E-state index contributed by atoms with van der Waals surface area (Å²) in [4.78, 5) is 12.2. The summed E-state index contributed by atoms with van der Waals surface area (Å²) >= 11 is 0. The Hall–Kier alpha value is -2.36. The van der Waals surface area contributed by atoms with Gasteiger partial charge in [0.1, 0.15) is 6.10 Å². The van der Waals surface area contributed by atoms with E-state index in [0.717, 1.165) is 33.3 Å². The largest absolute Gasteiger partial charge is 0.493 e. The summed E-state index contributed by atoms with van der Waals surface area (Å²) in [6.07, 6.45) is -7.03. The van der Waals surface area contributed by atoms with E-state index in [0.29, 0.717) is 0 Å². The van der Waals surface area contributed by atoms with Crippen molar-refractivity contribution in [1.82, 2.24) is 0 Å². The molecule has 1 aromatic carbocycles. The van der Waals surface area contributed by atoms with Crippen molar-refractivity contribution < 1.29 is 45.7 Å². The van der Waals surface area contributed by atoms with E-state index >= 15 is 0 Å². The third-order valence-electron chi connectivity index (χ3n) is 4.40. The molecule has 1 aliphatic heterocycles. The van der Waals surface area contributed by atoms with Crippen molar-refractivity contribution in [3.05, 3.63) is 40.7 Å². The number of esters is 1. The zero-order valence-corrected chi connectivity index (χ0v) is 15.6. The highest BCUT2D eigenvalue weighted by Gasteiger charge is 2.65. The molecular formula is C18H19F5O5. The number of carbonyl (C=O) groups excluding carboxylic acids is 1. The SMILES string of the molecule is CCOC(=O)C1=C(Cc2ccc(F)c(F)c2OC)[C@H](OC)[C@](C)(C(F)(F)F)O1. The van der Waals surface area contributed by atoms with Gasteiger partial charge in [0.2, 0.25) is 17.2 Å². The van der Waals surface area contributed by atoms with Gasteiger partial charge in [0, 0.05) is 24.7 Å². The lowest BCUT2D eigenvalue weighted by Crippen LogP contribution is -2.52. The highest BCUT2D eigenvalue weighted by molar-refractivity contribution is 5.88. The molecule has 0 amide bonds. The van der Waals surface area contributed by atoms with Gasteiger partial charge in [-0.15, -0.1) is 0 Å². The second kappa shape index (κ2) is 7.94. The van der Waals surface area contributed by atoms with Gasteiger partial charge in [0.15, 0.2) is 11.6 Å². The van der Waals surface area contributed by atoms with Crippen LogP contribution in [-0.2, 0) is 25.4 Å². The van der Waals surface area contributed by atoms with Gasteiger partial charge < -0.3 is 18.9 Å². The molecule has 0 aromatic heterocycles. The van der Waals surface area contributed by atoms with Crippen LogP contribution in [0.15, 0.2) is 23.5 Å². The highest BCUT2D eigenvalue weighted by atomic mass is 19.4. The average molecular weight is 410 g/mol. The minimum Gasteiger partial charge on any atom is -0.493 e. The van der Waals surface area contributed by atoms with E-state index in [1.54, 1.807) is 0 Å². The molecule has 1 heterocycles. The lowest BCUT2D eigenvalue weighted by atomic mass is 9.90. The lowest BCUT2D eigenvalue weighted by molar-refractivity contribution is -0.275. The number of ether oxygens (including phenoxy) is 4. The van der Waals surface area contributed by atoms with Crippen LogP contribution in [0.1, 0.15) is 19.4 Å². The predicted molar refractivity (Wildman–Crippen MR) is 86.6 cm³/mol. The van der Waals surface area contributed by atoms with Crippen molar-refractivity contribution in [2.45, 2.75) is 38.1 Å². The molecule has 0 saturated heterocycles. The van der Waals surface area contributed by atoms with Crippen molar-refractivity contribution in [3.8, 4) is 5.75 Å². The second-order valence-electron chi connectivity index (χ2n) is 6.13. The van der Waals surface area contributed by atoms with E-state index in [1.807, 2.05) is 0 Å². The molecule has 2 atom stereocenters. The Labute approximate surface area is 158 Å². The Kier molecular flexibility index (Phi) is 6.22. The Morgan fingerprint density at radius 1 is 1.25 bits per heavy atom. The maximum Gasteiger partial charge on any atom is 0.430 e. The summed E-state index contributed by atoms with van der Waals surface area (Å²) in [6.45, 7) is 2.10. The van der Waals surface area contributed by atoms with Gasteiger partial charge in [0.25, 0.3) is 0 Å². The first-order valence-electron chi connectivity index (χ1n) is 8.21. The smallest absolute Gasteiger partial charge is 0.430 e. The zero-order chi connectivity index (χ0) is 21.3. The van der Waals surface area contributed by atoms with Gasteiger partial charge in [-0.1, -0.05) is 6.07 Å². The number of methoxy groups -OCH3 is 2. The fourth-order valence-corrected chi connectivity index (χ4v) is 3.04. The Bertz CT molecular complexity index is 789. The number of hydrogen-bond donors (Lipinski definition) is 0. The summed E-state index contributed by atoms with van der Waals surface area (Å²) in [7, 11) is 2.11. The van der Waals surface area contributed by atoms with Gasteiger partial charge in [-0.3, -0.25) is 0 Å². The van der Waals surface area contributed by atoms with Crippen LogP contribution in [0.3, 0.4) is 0 Å². The van der Waals surface area contributed by atoms with Gasteiger partial charge >= 0.3 is 12.1 Å². The number of halogens is 5. The van der Waals surface area contributed by atoms with Crippen LogP contribution in [0.25, 0.3) is 0 Å². The fraction of sp³-hybridized carbons (Fsp3) is 0.500. The maximum absolute atomic E-state index is 14.0. The summed E-state index contributed by atoms with van der Waals surface area (Å²) in [5, 5.41) is 0. The minimum absolute atomic E-state index is 0.00951. The van der Waals surface area contributed by atoms with E-state index in [9.17, 15) is 26.7 Å². The van der Waals surface area contributed by atoms with Crippen LogP contribution < -0.4 is 4.74 Å². The minimum atomic E-state index is -4.90. The molecule has 0 N–H and O–H groups in total. The highest BCUT2D eigenvalue weighted by Crippen LogP contribution is 2.48. The Balaban J connectivity index is 2.60. The summed E-state index contributed by atoms with van der Waals surface area (Å²) < 4.78 is 88.0. The van der Waals surface area contributed by atoms with Crippen LogP contribution in [0.4, 0.5) is 22.0 Å². The quantitative estimate of drug-likeness (QED) is 0.529. The molecule has 0 spiro atoms. The number of hydrogen-bond acceptors (Lipinski definition) is 5. The summed E-state index contributed by atoms with van der Waals surface area (Å²) in [6, 6.07) is 1.95. The fourth-order valence-electron chi connectivity index (χ4n) is 3.04. The van der Waals surface area contributed by atoms with Gasteiger partial charge in [-0.2, -0.15) is 17.6 Å². The first-order chi connectivity index (χ1) is 13.0. The molecule has 0 radical (unpaired) electrons. The normalized spacial score (nSPS) is 22.2. The molecule has 0 unspecified atom stereocenters. The summed E-state index contributed by atoms with van der Waals surface area (Å²) in [5.74, 6) is -4.78.